The third-order valence-corrected chi connectivity index (χ3v) is 9.13. The van der Waals surface area contributed by atoms with Gasteiger partial charge in [0.2, 0.25) is 5.91 Å². The van der Waals surface area contributed by atoms with Gasteiger partial charge in [-0.2, -0.15) is 0 Å². The number of carboxylic acid groups (broad SMARTS) is 1. The average Bonchev–Trinajstić information content (AvgIpc) is 3.61. The monoisotopic (exact) mass is 749 g/mol. The first-order valence-electron chi connectivity index (χ1n) is 18.0. The van der Waals surface area contributed by atoms with Crippen LogP contribution >= 0.6 is 0 Å². The average molecular weight is 750 g/mol. The topological polar surface area (TPSA) is 207 Å². The Morgan fingerprint density at radius 3 is 2.19 bits per heavy atom. The molecule has 3 rings (SSSR count). The van der Waals surface area contributed by atoms with Crippen molar-refractivity contribution in [3.63, 3.8) is 0 Å². The van der Waals surface area contributed by atoms with Gasteiger partial charge in [-0.1, -0.05) is 84.0 Å². The van der Waals surface area contributed by atoms with Crippen LogP contribution in [0.5, 0.6) is 0 Å². The van der Waals surface area contributed by atoms with Crippen LogP contribution in [-0.2, 0) is 25.6 Å². The van der Waals surface area contributed by atoms with Crippen LogP contribution in [0.25, 0.3) is 11.3 Å². The normalized spacial score (nSPS) is 13.7. The van der Waals surface area contributed by atoms with Gasteiger partial charge < -0.3 is 31.6 Å². The number of nitrogens with zero attached hydrogens (tertiary/aromatic N) is 1. The molecule has 0 bridgehead atoms. The van der Waals surface area contributed by atoms with Crippen LogP contribution in [-0.4, -0.2) is 59.0 Å². The maximum atomic E-state index is 13.9. The van der Waals surface area contributed by atoms with Crippen molar-refractivity contribution < 1.29 is 37.9 Å². The number of hydrogen-bond donors (Lipinski definition) is 5. The quantitative estimate of drug-likeness (QED) is 0.0468. The highest BCUT2D eigenvalue weighted by Crippen LogP contribution is 2.25. The number of aliphatic imine (C=N–C) groups is 1. The van der Waals surface area contributed by atoms with Gasteiger partial charge in [0.05, 0.1) is 18.0 Å². The van der Waals surface area contributed by atoms with Gasteiger partial charge in [0.15, 0.2) is 23.3 Å². The Labute approximate surface area is 317 Å². The first kappa shape index (κ1) is 44.8. The zero-order valence-electron chi connectivity index (χ0n) is 30.8. The molecule has 1 heterocycles. The van der Waals surface area contributed by atoms with Crippen LogP contribution in [0.15, 0.2) is 76.1 Å². The van der Waals surface area contributed by atoms with Gasteiger partial charge in [-0.05, 0) is 67.3 Å². The highest BCUT2D eigenvalue weighted by atomic mass is 19.1. The number of hydrogen-bond acceptors (Lipinski definition) is 7. The highest BCUT2D eigenvalue weighted by Gasteiger charge is 2.34. The van der Waals surface area contributed by atoms with Crippen molar-refractivity contribution in [1.82, 2.24) is 10.6 Å². The minimum Gasteiger partial charge on any atom is -0.481 e. The maximum absolute atomic E-state index is 13.9. The van der Waals surface area contributed by atoms with Crippen LogP contribution in [0.4, 0.5) is 4.39 Å². The second-order valence-corrected chi connectivity index (χ2v) is 13.9. The summed E-state index contributed by atoms with van der Waals surface area (Å²) in [6.07, 6.45) is 0.991. The number of rotatable bonds is 22. The first-order chi connectivity index (χ1) is 25.2. The molecule has 2 amide bonds. The lowest BCUT2D eigenvalue weighted by Crippen LogP contribution is -2.49. The van der Waals surface area contributed by atoms with Crippen molar-refractivity contribution in [2.75, 3.05) is 6.54 Å². The van der Waals surface area contributed by atoms with Gasteiger partial charge in [-0.3, -0.25) is 29.0 Å². The summed E-state index contributed by atoms with van der Waals surface area (Å²) in [5.41, 5.74) is 12.1. The molecule has 0 aliphatic carbocycles. The van der Waals surface area contributed by atoms with E-state index in [-0.39, 0.29) is 69.0 Å². The summed E-state index contributed by atoms with van der Waals surface area (Å²) in [6.45, 7) is 7.70. The Kier molecular flexibility index (Phi) is 18.3. The summed E-state index contributed by atoms with van der Waals surface area (Å²) in [4.78, 5) is 71.0. The molecule has 294 valence electrons. The third kappa shape index (κ3) is 14.2. The molecule has 12 nitrogen and oxygen atoms in total. The number of halogens is 1. The first-order valence-corrected chi connectivity index (χ1v) is 18.0. The number of carbonyl (C=O) groups excluding carboxylic acids is 4. The van der Waals surface area contributed by atoms with Crippen molar-refractivity contribution in [1.29, 1.82) is 0 Å². The number of guanidine groups is 1. The number of nitrogens with two attached hydrogens (primary N) is 2. The fraction of sp³-hybridized carbons (Fsp3) is 0.463. The van der Waals surface area contributed by atoms with Crippen molar-refractivity contribution in [3.05, 3.63) is 83.9 Å². The molecule has 0 saturated heterocycles. The van der Waals surface area contributed by atoms with Crippen LogP contribution in [0.3, 0.4) is 0 Å². The zero-order chi connectivity index (χ0) is 39.1. The number of carbonyl (C=O) groups is 5. The van der Waals surface area contributed by atoms with E-state index in [2.05, 4.69) is 15.6 Å². The lowest BCUT2D eigenvalue weighted by atomic mass is 9.85. The summed E-state index contributed by atoms with van der Waals surface area (Å²) in [7, 11) is 0. The van der Waals surface area contributed by atoms with Crippen LogP contribution in [0.2, 0.25) is 0 Å². The molecule has 2 aromatic carbocycles. The summed E-state index contributed by atoms with van der Waals surface area (Å²) in [6, 6.07) is 15.7. The summed E-state index contributed by atoms with van der Waals surface area (Å²) in [5, 5.41) is 15.5. The summed E-state index contributed by atoms with van der Waals surface area (Å²) >= 11 is 0. The van der Waals surface area contributed by atoms with Crippen LogP contribution in [0, 0.1) is 29.5 Å². The second kappa shape index (κ2) is 22.0. The third-order valence-electron chi connectivity index (χ3n) is 9.13. The number of benzene rings is 2. The molecule has 0 radical (unpaired) electrons. The van der Waals surface area contributed by atoms with Gasteiger partial charge in [0, 0.05) is 30.9 Å². The second-order valence-electron chi connectivity index (χ2n) is 13.9. The molecule has 7 N–H and O–H groups in total. The van der Waals surface area contributed by atoms with Crippen LogP contribution in [0.1, 0.15) is 89.8 Å². The van der Waals surface area contributed by atoms with E-state index in [4.69, 9.17) is 15.9 Å². The fourth-order valence-electron chi connectivity index (χ4n) is 6.10. The number of Topliss-reactive ketones (excluding diaryl/α,β-unsaturated/α-hetero) is 2. The predicted molar refractivity (Wildman–Crippen MR) is 207 cm³/mol. The van der Waals surface area contributed by atoms with Crippen molar-refractivity contribution in [2.24, 2.45) is 40.1 Å². The number of ketones is 2. The molecule has 0 fully saturated rings. The van der Waals surface area contributed by atoms with E-state index in [9.17, 15) is 33.5 Å². The van der Waals surface area contributed by atoms with Gasteiger partial charge in [-0.25, -0.2) is 4.39 Å². The van der Waals surface area contributed by atoms with Gasteiger partial charge >= 0.3 is 5.97 Å². The Balaban J connectivity index is 0.0000101. The SMILES string of the molecule is C.CC[C@H](C)[C@H](NC(=O)[C@@H](CC(=O)[C@H](CCCN=C(N)N)NC(=O)c1ccc(-c2cccc(F)c2)o1)CC(C)C)C(=O)C[C@@H](Cc1ccccc1)C(=O)O. The summed E-state index contributed by atoms with van der Waals surface area (Å²) < 4.78 is 19.5. The Morgan fingerprint density at radius 1 is 0.889 bits per heavy atom. The Morgan fingerprint density at radius 2 is 1.57 bits per heavy atom. The van der Waals surface area contributed by atoms with E-state index in [0.717, 1.165) is 5.56 Å². The molecular formula is C41H56FN5O7. The molecule has 0 saturated carbocycles. The smallest absolute Gasteiger partial charge is 0.307 e. The lowest BCUT2D eigenvalue weighted by molar-refractivity contribution is -0.144. The maximum Gasteiger partial charge on any atom is 0.307 e. The predicted octanol–water partition coefficient (Wildman–Crippen LogP) is 5.93. The molecule has 13 heteroatoms. The lowest BCUT2D eigenvalue weighted by Gasteiger charge is -2.28. The van der Waals surface area contributed by atoms with Gasteiger partial charge in [-0.15, -0.1) is 0 Å². The molecule has 3 aromatic rings. The van der Waals surface area contributed by atoms with E-state index >= 15 is 0 Å². The standard InChI is InChI=1S/C40H52FN5O7.CH4/c1-5-25(4)36(33(48)23-29(39(51)52)20-26-11-7-6-8-12-26)46-37(49)28(19-24(2)3)22-32(47)31(15-10-18-44-40(42)43)45-38(50)35-17-16-34(53-35)27-13-9-14-30(41)21-27;/h6-9,11-14,16-17,21,24-25,28-29,31,36H,5,10,15,18-20,22-23H2,1-4H3,(H,45,50)(H,46,49)(H,51,52)(H4,42,43,44);1H4/t25-,28+,29+,31-,36-;/m0./s1. The molecule has 0 aliphatic heterocycles. The van der Waals surface area contributed by atoms with E-state index in [0.29, 0.717) is 24.8 Å². The molecule has 0 unspecified atom stereocenters. The number of nitrogens with one attached hydrogen (secondary N) is 2. The van der Waals surface area contributed by atoms with Crippen LogP contribution < -0.4 is 22.1 Å². The molecule has 0 spiro atoms. The van der Waals surface area contributed by atoms with Crippen molar-refractivity contribution in [3.8, 4) is 11.3 Å². The van der Waals surface area contributed by atoms with E-state index in [1.807, 2.05) is 33.8 Å². The Bertz CT molecular complexity index is 1720. The van der Waals surface area contributed by atoms with E-state index < -0.39 is 59.1 Å². The minimum absolute atomic E-state index is 0. The largest absolute Gasteiger partial charge is 0.481 e. The van der Waals surface area contributed by atoms with E-state index in [1.54, 1.807) is 30.3 Å². The zero-order valence-corrected chi connectivity index (χ0v) is 30.8. The molecule has 0 aliphatic rings. The number of aliphatic carboxylic acids is 1. The van der Waals surface area contributed by atoms with Gasteiger partial charge in [0.1, 0.15) is 11.6 Å². The van der Waals surface area contributed by atoms with E-state index in [1.165, 1.54) is 30.3 Å². The van der Waals surface area contributed by atoms with Crippen molar-refractivity contribution in [2.45, 2.75) is 92.2 Å². The molecule has 1 aromatic heterocycles. The van der Waals surface area contributed by atoms with Gasteiger partial charge in [0.25, 0.3) is 5.91 Å². The minimum atomic E-state index is -1.10. The number of amides is 2. The summed E-state index contributed by atoms with van der Waals surface area (Å²) in [5.74, 6) is -5.65. The Hall–Kier alpha value is -5.33. The number of furan rings is 1. The fourth-order valence-corrected chi connectivity index (χ4v) is 6.10. The highest BCUT2D eigenvalue weighted by molar-refractivity contribution is 5.98. The molecule has 54 heavy (non-hydrogen) atoms. The van der Waals surface area contributed by atoms with Crippen molar-refractivity contribution >= 4 is 35.3 Å². The molecular weight excluding hydrogens is 693 g/mol. The molecule has 5 atom stereocenters. The number of carboxylic acids is 1.